The van der Waals surface area contributed by atoms with Crippen LogP contribution >= 0.6 is 11.3 Å². The Hall–Kier alpha value is -2.84. The molecule has 1 N–H and O–H groups in total. The first-order chi connectivity index (χ1) is 16.1. The molecule has 1 saturated heterocycles. The van der Waals surface area contributed by atoms with E-state index in [9.17, 15) is 4.79 Å². The van der Waals surface area contributed by atoms with Crippen LogP contribution in [0, 0.1) is 5.92 Å². The molecule has 33 heavy (non-hydrogen) atoms. The van der Waals surface area contributed by atoms with E-state index in [1.165, 1.54) is 0 Å². The first-order valence-corrected chi connectivity index (χ1v) is 12.5. The van der Waals surface area contributed by atoms with Crippen LogP contribution in [0.25, 0.3) is 16.9 Å². The van der Waals surface area contributed by atoms with Crippen molar-refractivity contribution in [2.24, 2.45) is 5.92 Å². The van der Waals surface area contributed by atoms with Crippen molar-refractivity contribution in [3.05, 3.63) is 45.8 Å². The zero-order chi connectivity index (χ0) is 22.9. The molecule has 0 spiro atoms. The van der Waals surface area contributed by atoms with E-state index in [1.807, 2.05) is 27.1 Å². The number of carbonyl (C=O) groups excluding carboxylic acids is 1. The van der Waals surface area contributed by atoms with Gasteiger partial charge in [-0.3, -0.25) is 4.79 Å². The molecular weight excluding hydrogens is 436 g/mol. The number of benzene rings is 1. The van der Waals surface area contributed by atoms with Crippen LogP contribution in [0.2, 0.25) is 0 Å². The number of rotatable bonds is 5. The smallest absolute Gasteiger partial charge is 0.274 e. The highest BCUT2D eigenvalue weighted by Gasteiger charge is 2.33. The second-order valence-corrected chi connectivity index (χ2v) is 9.79. The van der Waals surface area contributed by atoms with Crippen LogP contribution < -0.4 is 14.8 Å². The summed E-state index contributed by atoms with van der Waals surface area (Å²) in [6.45, 7) is 7.86. The lowest BCUT2D eigenvalue weighted by Crippen LogP contribution is -2.35. The SMILES string of the molecule is COc1cc2c(cc1CC(C)C)-c1c(c(C(=O)N3CCCNCC3)nn1-c1ccsc1)CO2. The largest absolute Gasteiger partial charge is 0.496 e. The average molecular weight is 467 g/mol. The molecule has 8 heteroatoms. The van der Waals surface area contributed by atoms with Crippen LogP contribution in [0.1, 0.15) is 41.9 Å². The van der Waals surface area contributed by atoms with Crippen molar-refractivity contribution in [1.82, 2.24) is 20.0 Å². The number of hydrogen-bond acceptors (Lipinski definition) is 6. The summed E-state index contributed by atoms with van der Waals surface area (Å²) in [5.74, 6) is 2.06. The molecule has 5 rings (SSSR count). The van der Waals surface area contributed by atoms with E-state index in [0.29, 0.717) is 24.8 Å². The van der Waals surface area contributed by atoms with Gasteiger partial charge in [-0.2, -0.15) is 16.4 Å². The number of hydrogen-bond donors (Lipinski definition) is 1. The average Bonchev–Trinajstić information content (AvgIpc) is 3.38. The molecule has 174 valence electrons. The van der Waals surface area contributed by atoms with Crippen molar-refractivity contribution in [2.45, 2.75) is 33.3 Å². The molecule has 0 radical (unpaired) electrons. The minimum Gasteiger partial charge on any atom is -0.496 e. The Labute approximate surface area is 198 Å². The van der Waals surface area contributed by atoms with Crippen molar-refractivity contribution in [3.63, 3.8) is 0 Å². The molecular formula is C25H30N4O3S. The van der Waals surface area contributed by atoms with Gasteiger partial charge in [0.1, 0.15) is 18.1 Å². The summed E-state index contributed by atoms with van der Waals surface area (Å²) in [4.78, 5) is 15.5. The predicted octanol–water partition coefficient (Wildman–Crippen LogP) is 4.14. The van der Waals surface area contributed by atoms with Gasteiger partial charge in [-0.05, 0) is 48.4 Å². The predicted molar refractivity (Wildman–Crippen MR) is 130 cm³/mol. The number of fused-ring (bicyclic) bond motifs is 3. The lowest BCUT2D eigenvalue weighted by molar-refractivity contribution is 0.0757. The number of methoxy groups -OCH3 is 1. The van der Waals surface area contributed by atoms with E-state index in [0.717, 1.165) is 72.0 Å². The van der Waals surface area contributed by atoms with Crippen molar-refractivity contribution in [2.75, 3.05) is 33.3 Å². The summed E-state index contributed by atoms with van der Waals surface area (Å²) >= 11 is 1.62. The fourth-order valence-corrected chi connectivity index (χ4v) is 5.26. The minimum absolute atomic E-state index is 0.0214. The fourth-order valence-electron chi connectivity index (χ4n) is 4.65. The van der Waals surface area contributed by atoms with E-state index < -0.39 is 0 Å². The van der Waals surface area contributed by atoms with Gasteiger partial charge in [0.15, 0.2) is 5.69 Å². The van der Waals surface area contributed by atoms with Gasteiger partial charge in [0, 0.05) is 42.2 Å². The molecule has 3 aromatic rings. The van der Waals surface area contributed by atoms with E-state index in [4.69, 9.17) is 14.6 Å². The van der Waals surface area contributed by atoms with Gasteiger partial charge in [0.05, 0.1) is 18.5 Å². The van der Waals surface area contributed by atoms with E-state index in [2.05, 4.69) is 30.6 Å². The number of ether oxygens (including phenoxy) is 2. The molecule has 1 amide bonds. The summed E-state index contributed by atoms with van der Waals surface area (Å²) in [5, 5.41) is 12.3. The van der Waals surface area contributed by atoms with Gasteiger partial charge in [-0.15, -0.1) is 0 Å². The number of nitrogens with zero attached hydrogens (tertiary/aromatic N) is 3. The molecule has 0 atom stereocenters. The highest BCUT2D eigenvalue weighted by atomic mass is 32.1. The molecule has 0 aliphatic carbocycles. The first-order valence-electron chi connectivity index (χ1n) is 11.6. The minimum atomic E-state index is -0.0214. The molecule has 1 aromatic carbocycles. The first kappa shape index (κ1) is 22.0. The van der Waals surface area contributed by atoms with Gasteiger partial charge >= 0.3 is 0 Å². The van der Waals surface area contributed by atoms with Gasteiger partial charge in [-0.1, -0.05) is 13.8 Å². The third-order valence-corrected chi connectivity index (χ3v) is 6.87. The van der Waals surface area contributed by atoms with Gasteiger partial charge in [0.25, 0.3) is 5.91 Å². The molecule has 2 aromatic heterocycles. The fraction of sp³-hybridized carbons (Fsp3) is 0.440. The molecule has 0 saturated carbocycles. The maximum atomic E-state index is 13.6. The van der Waals surface area contributed by atoms with Crippen LogP contribution in [-0.4, -0.2) is 53.9 Å². The van der Waals surface area contributed by atoms with Crippen LogP contribution in [0.15, 0.2) is 29.0 Å². The van der Waals surface area contributed by atoms with Gasteiger partial charge < -0.3 is 19.7 Å². The molecule has 0 unspecified atom stereocenters. The van der Waals surface area contributed by atoms with Gasteiger partial charge in [0.2, 0.25) is 0 Å². The van der Waals surface area contributed by atoms with Crippen LogP contribution in [0.3, 0.4) is 0 Å². The Bertz CT molecular complexity index is 1150. The van der Waals surface area contributed by atoms with E-state index in [-0.39, 0.29) is 5.91 Å². The molecule has 1 fully saturated rings. The second-order valence-electron chi connectivity index (χ2n) is 9.01. The highest BCUT2D eigenvalue weighted by Crippen LogP contribution is 2.44. The van der Waals surface area contributed by atoms with Gasteiger partial charge in [-0.25, -0.2) is 4.68 Å². The molecule has 2 aliphatic rings. The lowest BCUT2D eigenvalue weighted by Gasteiger charge is -2.23. The van der Waals surface area contributed by atoms with Crippen molar-refractivity contribution < 1.29 is 14.3 Å². The quantitative estimate of drug-likeness (QED) is 0.612. The van der Waals surface area contributed by atoms with Crippen LogP contribution in [0.5, 0.6) is 11.5 Å². The summed E-state index contributed by atoms with van der Waals surface area (Å²) < 4.78 is 13.8. The Balaban J connectivity index is 1.66. The number of amides is 1. The number of aromatic nitrogens is 2. The van der Waals surface area contributed by atoms with Crippen molar-refractivity contribution in [3.8, 4) is 28.4 Å². The Morgan fingerprint density at radius 3 is 2.94 bits per heavy atom. The number of carbonyl (C=O) groups is 1. The molecule has 2 aliphatic heterocycles. The summed E-state index contributed by atoms with van der Waals surface area (Å²) in [6, 6.07) is 6.17. The third kappa shape index (κ3) is 4.13. The normalized spacial score (nSPS) is 15.6. The zero-order valence-corrected chi connectivity index (χ0v) is 20.2. The van der Waals surface area contributed by atoms with Crippen LogP contribution in [-0.2, 0) is 13.0 Å². The second kappa shape index (κ2) is 9.19. The standard InChI is InChI=1S/C25H30N4O3S/c1-16(2)11-17-12-19-22(13-21(17)31-3)32-14-20-23(25(30)28-8-4-6-26-7-9-28)27-29(24(19)20)18-5-10-33-15-18/h5,10,12-13,15-16,26H,4,6-9,11,14H2,1-3H3. The third-order valence-electron chi connectivity index (χ3n) is 6.20. The Morgan fingerprint density at radius 2 is 2.18 bits per heavy atom. The van der Waals surface area contributed by atoms with Crippen LogP contribution in [0.4, 0.5) is 0 Å². The zero-order valence-electron chi connectivity index (χ0n) is 19.4. The lowest BCUT2D eigenvalue weighted by atomic mass is 9.95. The molecule has 7 nitrogen and oxygen atoms in total. The summed E-state index contributed by atoms with van der Waals surface area (Å²) in [5.41, 5.74) is 5.34. The van der Waals surface area contributed by atoms with E-state index in [1.54, 1.807) is 18.4 Å². The van der Waals surface area contributed by atoms with E-state index >= 15 is 0 Å². The highest BCUT2D eigenvalue weighted by molar-refractivity contribution is 7.08. The Kier molecular flexibility index (Phi) is 6.12. The number of nitrogens with one attached hydrogen (secondary N) is 1. The topological polar surface area (TPSA) is 68.6 Å². The molecule has 0 bridgehead atoms. The Morgan fingerprint density at radius 1 is 1.30 bits per heavy atom. The monoisotopic (exact) mass is 466 g/mol. The van der Waals surface area contributed by atoms with Crippen molar-refractivity contribution >= 4 is 17.2 Å². The maximum Gasteiger partial charge on any atom is 0.274 e. The molecule has 4 heterocycles. The summed E-state index contributed by atoms with van der Waals surface area (Å²) in [6.07, 6.45) is 1.84. The summed E-state index contributed by atoms with van der Waals surface area (Å²) in [7, 11) is 1.70. The maximum absolute atomic E-state index is 13.6. The van der Waals surface area contributed by atoms with Crippen molar-refractivity contribution in [1.29, 1.82) is 0 Å². The number of thiophene rings is 1.